The predicted octanol–water partition coefficient (Wildman–Crippen LogP) is 0.888. The fourth-order valence-corrected chi connectivity index (χ4v) is 4.29. The van der Waals surface area contributed by atoms with Gasteiger partial charge in [-0.05, 0) is 25.0 Å². The zero-order chi connectivity index (χ0) is 18.6. The first-order chi connectivity index (χ1) is 12.5. The standard InChI is InChI=1S/C17H25N3O5S.ClH/c18-12-13-3-1-8-20(13)17(21)6-7-19-26(22,23)14-4-5-15-16(11-14)25-10-2-9-24-15;/h4-5,11,13,19H,1-3,6-10,12,18H2;1H. The lowest BCUT2D eigenvalue weighted by Gasteiger charge is -2.23. The van der Waals surface area contributed by atoms with Gasteiger partial charge in [-0.25, -0.2) is 13.1 Å². The van der Waals surface area contributed by atoms with E-state index < -0.39 is 10.0 Å². The van der Waals surface area contributed by atoms with Crippen LogP contribution in [0.2, 0.25) is 0 Å². The molecule has 8 nitrogen and oxygen atoms in total. The third-order valence-corrected chi connectivity index (χ3v) is 6.09. The van der Waals surface area contributed by atoms with Crippen LogP contribution in [0.15, 0.2) is 23.1 Å². The van der Waals surface area contributed by atoms with Crippen LogP contribution in [0.5, 0.6) is 11.5 Å². The number of fused-ring (bicyclic) bond motifs is 1. The first kappa shape index (κ1) is 21.7. The number of carbonyl (C=O) groups is 1. The summed E-state index contributed by atoms with van der Waals surface area (Å²) < 4.78 is 38.5. The van der Waals surface area contributed by atoms with Crippen molar-refractivity contribution in [2.24, 2.45) is 5.73 Å². The quantitative estimate of drug-likeness (QED) is 0.708. The number of rotatable bonds is 6. The topological polar surface area (TPSA) is 111 Å². The molecular formula is C17H26ClN3O5S. The summed E-state index contributed by atoms with van der Waals surface area (Å²) in [5.41, 5.74) is 5.68. The number of amides is 1. The molecule has 1 unspecified atom stereocenters. The molecule has 1 saturated heterocycles. The second-order valence-corrected chi connectivity index (χ2v) is 8.19. The van der Waals surface area contributed by atoms with Gasteiger partial charge in [0, 0.05) is 44.6 Å². The third kappa shape index (κ3) is 5.25. The summed E-state index contributed by atoms with van der Waals surface area (Å²) in [7, 11) is -3.72. The van der Waals surface area contributed by atoms with Crippen molar-refractivity contribution in [3.63, 3.8) is 0 Å². The van der Waals surface area contributed by atoms with Gasteiger partial charge in [-0.15, -0.1) is 12.4 Å². The molecule has 0 radical (unpaired) electrons. The van der Waals surface area contributed by atoms with Crippen molar-refractivity contribution in [2.75, 3.05) is 32.8 Å². The Hall–Kier alpha value is -1.55. The number of sulfonamides is 1. The average Bonchev–Trinajstić information content (AvgIpc) is 2.98. The van der Waals surface area contributed by atoms with Gasteiger partial charge >= 0.3 is 0 Å². The molecule has 10 heteroatoms. The van der Waals surface area contributed by atoms with Crippen molar-refractivity contribution >= 4 is 28.3 Å². The van der Waals surface area contributed by atoms with Crippen molar-refractivity contribution in [2.45, 2.75) is 36.6 Å². The van der Waals surface area contributed by atoms with E-state index in [0.717, 1.165) is 19.3 Å². The van der Waals surface area contributed by atoms with E-state index >= 15 is 0 Å². The van der Waals surface area contributed by atoms with Gasteiger partial charge in [0.25, 0.3) is 0 Å². The highest BCUT2D eigenvalue weighted by atomic mass is 35.5. The largest absolute Gasteiger partial charge is 0.490 e. The lowest BCUT2D eigenvalue weighted by atomic mass is 10.2. The summed E-state index contributed by atoms with van der Waals surface area (Å²) in [6, 6.07) is 4.59. The molecule has 3 rings (SSSR count). The summed E-state index contributed by atoms with van der Waals surface area (Å²) >= 11 is 0. The van der Waals surface area contributed by atoms with Crippen LogP contribution in [-0.2, 0) is 14.8 Å². The Kier molecular flexibility index (Phi) is 7.72. The summed E-state index contributed by atoms with van der Waals surface area (Å²) in [6.07, 6.45) is 2.71. The summed E-state index contributed by atoms with van der Waals surface area (Å²) in [5.74, 6) is 0.891. The number of benzene rings is 1. The molecule has 1 amide bonds. The normalized spacial score (nSPS) is 19.3. The molecule has 0 aromatic heterocycles. The average molecular weight is 420 g/mol. The summed E-state index contributed by atoms with van der Waals surface area (Å²) in [5, 5.41) is 0. The Labute approximate surface area is 165 Å². The van der Waals surface area contributed by atoms with Crippen LogP contribution in [0.3, 0.4) is 0 Å². The molecule has 1 fully saturated rings. The van der Waals surface area contributed by atoms with Crippen LogP contribution in [0.25, 0.3) is 0 Å². The number of ether oxygens (including phenoxy) is 2. The third-order valence-electron chi connectivity index (χ3n) is 4.63. The molecule has 2 aliphatic rings. The first-order valence-corrected chi connectivity index (χ1v) is 10.4. The summed E-state index contributed by atoms with van der Waals surface area (Å²) in [6.45, 7) is 2.20. The monoisotopic (exact) mass is 419 g/mol. The number of nitrogens with two attached hydrogens (primary N) is 1. The minimum Gasteiger partial charge on any atom is -0.490 e. The predicted molar refractivity (Wildman–Crippen MR) is 103 cm³/mol. The van der Waals surface area contributed by atoms with E-state index in [1.165, 1.54) is 12.1 Å². The number of nitrogens with zero attached hydrogens (tertiary/aromatic N) is 1. The molecule has 2 heterocycles. The molecule has 152 valence electrons. The molecule has 0 aliphatic carbocycles. The molecule has 1 aromatic rings. The molecule has 0 bridgehead atoms. The van der Waals surface area contributed by atoms with Crippen LogP contribution in [0.1, 0.15) is 25.7 Å². The zero-order valence-electron chi connectivity index (χ0n) is 15.1. The molecule has 1 aromatic carbocycles. The van der Waals surface area contributed by atoms with Crippen molar-refractivity contribution in [3.8, 4) is 11.5 Å². The fourth-order valence-electron chi connectivity index (χ4n) is 3.24. The van der Waals surface area contributed by atoms with E-state index in [4.69, 9.17) is 15.2 Å². The van der Waals surface area contributed by atoms with Gasteiger partial charge in [0.15, 0.2) is 11.5 Å². The van der Waals surface area contributed by atoms with Gasteiger partial charge < -0.3 is 20.1 Å². The van der Waals surface area contributed by atoms with Crippen molar-refractivity contribution in [3.05, 3.63) is 18.2 Å². The zero-order valence-corrected chi connectivity index (χ0v) is 16.7. The highest BCUT2D eigenvalue weighted by Gasteiger charge is 2.27. The Bertz CT molecular complexity index is 759. The molecule has 3 N–H and O–H groups in total. The van der Waals surface area contributed by atoms with Crippen molar-refractivity contribution < 1.29 is 22.7 Å². The Morgan fingerprint density at radius 3 is 2.70 bits per heavy atom. The molecule has 0 saturated carbocycles. The Morgan fingerprint density at radius 1 is 1.22 bits per heavy atom. The van der Waals surface area contributed by atoms with Crippen molar-refractivity contribution in [1.29, 1.82) is 0 Å². The number of nitrogens with one attached hydrogen (secondary N) is 1. The maximum Gasteiger partial charge on any atom is 0.240 e. The number of likely N-dealkylation sites (tertiary alicyclic amines) is 1. The fraction of sp³-hybridized carbons (Fsp3) is 0.588. The Morgan fingerprint density at radius 2 is 1.96 bits per heavy atom. The van der Waals surface area contributed by atoms with E-state index in [2.05, 4.69) is 4.72 Å². The van der Waals surface area contributed by atoms with Gasteiger partial charge in [-0.2, -0.15) is 0 Å². The van der Waals surface area contributed by atoms with E-state index in [9.17, 15) is 13.2 Å². The van der Waals surface area contributed by atoms with Crippen LogP contribution in [-0.4, -0.2) is 58.1 Å². The van der Waals surface area contributed by atoms with Crippen molar-refractivity contribution in [1.82, 2.24) is 9.62 Å². The second kappa shape index (κ2) is 9.59. The highest BCUT2D eigenvalue weighted by Crippen LogP contribution is 2.31. The smallest absolute Gasteiger partial charge is 0.240 e. The lowest BCUT2D eigenvalue weighted by molar-refractivity contribution is -0.131. The maximum atomic E-state index is 12.5. The Balaban J connectivity index is 0.00000261. The lowest BCUT2D eigenvalue weighted by Crippen LogP contribution is -2.41. The molecule has 0 spiro atoms. The van der Waals surface area contributed by atoms with Gasteiger partial charge in [0.2, 0.25) is 15.9 Å². The van der Waals surface area contributed by atoms with E-state index in [0.29, 0.717) is 37.8 Å². The number of hydrogen-bond donors (Lipinski definition) is 2. The van der Waals surface area contributed by atoms with E-state index in [-0.39, 0.29) is 42.2 Å². The maximum absolute atomic E-state index is 12.5. The van der Waals surface area contributed by atoms with Gasteiger partial charge in [-0.3, -0.25) is 4.79 Å². The summed E-state index contributed by atoms with van der Waals surface area (Å²) in [4.78, 5) is 14.1. The highest BCUT2D eigenvalue weighted by molar-refractivity contribution is 7.89. The molecule has 27 heavy (non-hydrogen) atoms. The number of carbonyl (C=O) groups excluding carboxylic acids is 1. The molecular weight excluding hydrogens is 394 g/mol. The minimum atomic E-state index is -3.72. The van der Waals surface area contributed by atoms with E-state index in [1.54, 1.807) is 11.0 Å². The van der Waals surface area contributed by atoms with Crippen LogP contribution >= 0.6 is 12.4 Å². The number of hydrogen-bond acceptors (Lipinski definition) is 6. The van der Waals surface area contributed by atoms with Crippen LogP contribution in [0, 0.1) is 0 Å². The van der Waals surface area contributed by atoms with Gasteiger partial charge in [0.05, 0.1) is 18.1 Å². The van der Waals surface area contributed by atoms with E-state index in [1.807, 2.05) is 0 Å². The number of halogens is 1. The van der Waals surface area contributed by atoms with Gasteiger partial charge in [-0.1, -0.05) is 0 Å². The SMILES string of the molecule is Cl.NCC1CCCN1C(=O)CCNS(=O)(=O)c1ccc2c(c1)OCCCO2. The molecule has 2 aliphatic heterocycles. The minimum absolute atomic E-state index is 0. The first-order valence-electron chi connectivity index (χ1n) is 8.90. The molecule has 1 atom stereocenters. The second-order valence-electron chi connectivity index (χ2n) is 6.43. The van der Waals surface area contributed by atoms with Crippen LogP contribution in [0.4, 0.5) is 0 Å². The van der Waals surface area contributed by atoms with Crippen LogP contribution < -0.4 is 19.9 Å². The van der Waals surface area contributed by atoms with Gasteiger partial charge in [0.1, 0.15) is 0 Å².